The Morgan fingerprint density at radius 3 is 2.58 bits per heavy atom. The number of carbonyl (C=O) groups is 1. The van der Waals surface area contributed by atoms with Crippen molar-refractivity contribution in [2.24, 2.45) is 0 Å². The van der Waals surface area contributed by atoms with Crippen molar-refractivity contribution in [3.8, 4) is 0 Å². The zero-order valence-electron chi connectivity index (χ0n) is 13.7. The van der Waals surface area contributed by atoms with Crippen LogP contribution >= 0.6 is 22.9 Å². The van der Waals surface area contributed by atoms with Crippen LogP contribution in [0.2, 0.25) is 5.02 Å². The third kappa shape index (κ3) is 4.07. The summed E-state index contributed by atoms with van der Waals surface area (Å²) >= 11 is 7.44. The van der Waals surface area contributed by atoms with Gasteiger partial charge in [-0.1, -0.05) is 29.8 Å². The molecule has 8 heteroatoms. The SMILES string of the molecule is Cc1ccc(NC(=O)c2ccsc2)cc1S(=O)(=O)Nc1ccccc1Cl. The van der Waals surface area contributed by atoms with E-state index >= 15 is 0 Å². The maximum Gasteiger partial charge on any atom is 0.262 e. The van der Waals surface area contributed by atoms with Crippen molar-refractivity contribution in [3.05, 3.63) is 75.4 Å². The normalized spacial score (nSPS) is 11.2. The van der Waals surface area contributed by atoms with Gasteiger partial charge in [0.25, 0.3) is 15.9 Å². The lowest BCUT2D eigenvalue weighted by Gasteiger charge is -2.13. The molecular formula is C18H15ClN2O3S2. The summed E-state index contributed by atoms with van der Waals surface area (Å²) in [6, 6.07) is 13.0. The Balaban J connectivity index is 1.89. The highest BCUT2D eigenvalue weighted by atomic mass is 35.5. The number of rotatable bonds is 5. The number of aryl methyl sites for hydroxylation is 1. The molecule has 0 bridgehead atoms. The van der Waals surface area contributed by atoms with Gasteiger partial charge in [0.2, 0.25) is 0 Å². The van der Waals surface area contributed by atoms with Gasteiger partial charge in [0.05, 0.1) is 21.2 Å². The zero-order chi connectivity index (χ0) is 18.7. The standard InChI is InChI=1S/C18H15ClN2O3S2/c1-12-6-7-14(20-18(22)13-8-9-25-11-13)10-17(12)26(23,24)21-16-5-3-2-4-15(16)19/h2-11,21H,1H3,(H,20,22). The van der Waals surface area contributed by atoms with Crippen molar-refractivity contribution in [1.82, 2.24) is 0 Å². The molecule has 2 N–H and O–H groups in total. The number of para-hydroxylation sites is 1. The lowest BCUT2D eigenvalue weighted by atomic mass is 10.2. The molecule has 0 spiro atoms. The molecule has 2 aromatic carbocycles. The summed E-state index contributed by atoms with van der Waals surface area (Å²) in [6.45, 7) is 1.69. The van der Waals surface area contributed by atoms with Gasteiger partial charge in [0.1, 0.15) is 0 Å². The smallest absolute Gasteiger partial charge is 0.262 e. The van der Waals surface area contributed by atoms with E-state index in [4.69, 9.17) is 11.6 Å². The first-order valence-electron chi connectivity index (χ1n) is 7.58. The third-order valence-electron chi connectivity index (χ3n) is 3.64. The van der Waals surface area contributed by atoms with E-state index in [-0.39, 0.29) is 10.8 Å². The predicted octanol–water partition coefficient (Wildman–Crippen LogP) is 4.76. The van der Waals surface area contributed by atoms with E-state index in [0.717, 1.165) is 0 Å². The van der Waals surface area contributed by atoms with Gasteiger partial charge in [-0.2, -0.15) is 11.3 Å². The number of anilines is 2. The number of sulfonamides is 1. The monoisotopic (exact) mass is 406 g/mol. The molecule has 0 unspecified atom stereocenters. The number of nitrogens with one attached hydrogen (secondary N) is 2. The van der Waals surface area contributed by atoms with Crippen LogP contribution in [0.4, 0.5) is 11.4 Å². The fourth-order valence-corrected chi connectivity index (χ4v) is 4.53. The molecule has 0 fully saturated rings. The topological polar surface area (TPSA) is 75.3 Å². The minimum atomic E-state index is -3.86. The van der Waals surface area contributed by atoms with Crippen LogP contribution in [0.25, 0.3) is 0 Å². The Labute approximate surface area is 160 Å². The molecule has 0 aliphatic carbocycles. The molecule has 134 valence electrons. The van der Waals surface area contributed by atoms with E-state index in [1.54, 1.807) is 60.1 Å². The minimum Gasteiger partial charge on any atom is -0.322 e. The molecule has 26 heavy (non-hydrogen) atoms. The number of halogens is 1. The van der Waals surface area contributed by atoms with E-state index in [2.05, 4.69) is 10.0 Å². The molecule has 1 amide bonds. The van der Waals surface area contributed by atoms with Gasteiger partial charge in [-0.05, 0) is 48.2 Å². The summed E-state index contributed by atoms with van der Waals surface area (Å²) in [5.74, 6) is -0.294. The Kier molecular flexibility index (Phi) is 5.31. The van der Waals surface area contributed by atoms with Crippen LogP contribution < -0.4 is 10.0 Å². The van der Waals surface area contributed by atoms with Crippen molar-refractivity contribution in [1.29, 1.82) is 0 Å². The average Bonchev–Trinajstić information content (AvgIpc) is 3.13. The molecule has 1 aromatic heterocycles. The second kappa shape index (κ2) is 7.49. The fourth-order valence-electron chi connectivity index (χ4n) is 2.31. The second-order valence-electron chi connectivity index (χ2n) is 5.53. The van der Waals surface area contributed by atoms with Crippen molar-refractivity contribution < 1.29 is 13.2 Å². The summed E-state index contributed by atoms with van der Waals surface area (Å²) < 4.78 is 28.0. The van der Waals surface area contributed by atoms with Gasteiger partial charge >= 0.3 is 0 Å². The highest BCUT2D eigenvalue weighted by Gasteiger charge is 2.19. The molecular weight excluding hydrogens is 392 g/mol. The van der Waals surface area contributed by atoms with Gasteiger partial charge in [-0.25, -0.2) is 8.42 Å². The summed E-state index contributed by atoms with van der Waals surface area (Å²) in [7, 11) is -3.86. The van der Waals surface area contributed by atoms with Gasteiger partial charge in [-0.3, -0.25) is 9.52 Å². The van der Waals surface area contributed by atoms with Crippen LogP contribution in [0.5, 0.6) is 0 Å². The molecule has 5 nitrogen and oxygen atoms in total. The predicted molar refractivity (Wildman–Crippen MR) is 106 cm³/mol. The highest BCUT2D eigenvalue weighted by molar-refractivity contribution is 7.92. The Bertz CT molecular complexity index is 1050. The summed E-state index contributed by atoms with van der Waals surface area (Å²) in [5, 5.41) is 6.53. The molecule has 3 aromatic rings. The molecule has 0 radical (unpaired) electrons. The lowest BCUT2D eigenvalue weighted by Crippen LogP contribution is -2.16. The van der Waals surface area contributed by atoms with Gasteiger partial charge in [0.15, 0.2) is 0 Å². The molecule has 0 saturated heterocycles. The Morgan fingerprint density at radius 2 is 1.88 bits per heavy atom. The van der Waals surface area contributed by atoms with Gasteiger partial charge < -0.3 is 5.32 Å². The van der Waals surface area contributed by atoms with Crippen molar-refractivity contribution in [3.63, 3.8) is 0 Å². The molecule has 0 atom stereocenters. The van der Waals surface area contributed by atoms with Crippen LogP contribution in [-0.2, 0) is 10.0 Å². The highest BCUT2D eigenvalue weighted by Crippen LogP contribution is 2.27. The molecule has 3 rings (SSSR count). The number of carbonyl (C=O) groups excluding carboxylic acids is 1. The van der Waals surface area contributed by atoms with Crippen LogP contribution in [0.1, 0.15) is 15.9 Å². The third-order valence-corrected chi connectivity index (χ3v) is 6.16. The number of hydrogen-bond acceptors (Lipinski definition) is 4. The van der Waals surface area contributed by atoms with E-state index in [0.29, 0.717) is 27.5 Å². The largest absolute Gasteiger partial charge is 0.322 e. The minimum absolute atomic E-state index is 0.0699. The van der Waals surface area contributed by atoms with Crippen molar-refractivity contribution >= 4 is 50.2 Å². The quantitative estimate of drug-likeness (QED) is 0.641. The summed E-state index contributed by atoms with van der Waals surface area (Å²) in [5.41, 5.74) is 1.76. The van der Waals surface area contributed by atoms with Crippen molar-refractivity contribution in [2.75, 3.05) is 10.0 Å². The summed E-state index contributed by atoms with van der Waals surface area (Å²) in [6.07, 6.45) is 0. The number of amides is 1. The molecule has 1 heterocycles. The van der Waals surface area contributed by atoms with E-state index in [9.17, 15) is 13.2 Å². The second-order valence-corrected chi connectivity index (χ2v) is 8.37. The van der Waals surface area contributed by atoms with Gasteiger partial charge in [0, 0.05) is 11.1 Å². The Hall–Kier alpha value is -2.35. The first-order chi connectivity index (χ1) is 12.4. The maximum atomic E-state index is 12.8. The van der Waals surface area contributed by atoms with E-state index in [1.165, 1.54) is 17.4 Å². The summed E-state index contributed by atoms with van der Waals surface area (Å²) in [4.78, 5) is 12.2. The van der Waals surface area contributed by atoms with E-state index < -0.39 is 10.0 Å². The van der Waals surface area contributed by atoms with E-state index in [1.807, 2.05) is 0 Å². The first-order valence-corrected chi connectivity index (χ1v) is 10.4. The van der Waals surface area contributed by atoms with Crippen LogP contribution in [0.3, 0.4) is 0 Å². The van der Waals surface area contributed by atoms with Crippen molar-refractivity contribution in [2.45, 2.75) is 11.8 Å². The lowest BCUT2D eigenvalue weighted by molar-refractivity contribution is 0.102. The molecule has 0 saturated carbocycles. The zero-order valence-corrected chi connectivity index (χ0v) is 16.1. The number of hydrogen-bond donors (Lipinski definition) is 2. The van der Waals surface area contributed by atoms with Gasteiger partial charge in [-0.15, -0.1) is 0 Å². The first kappa shape index (κ1) is 18.4. The fraction of sp³-hybridized carbons (Fsp3) is 0.0556. The van der Waals surface area contributed by atoms with Crippen LogP contribution in [0.15, 0.2) is 64.2 Å². The number of benzene rings is 2. The Morgan fingerprint density at radius 1 is 1.12 bits per heavy atom. The van der Waals surface area contributed by atoms with Crippen LogP contribution in [0, 0.1) is 6.92 Å². The molecule has 0 aliphatic heterocycles. The molecule has 0 aliphatic rings. The average molecular weight is 407 g/mol. The maximum absolute atomic E-state index is 12.8. The van der Waals surface area contributed by atoms with Crippen LogP contribution in [-0.4, -0.2) is 14.3 Å². The number of thiophene rings is 1.